The summed E-state index contributed by atoms with van der Waals surface area (Å²) in [5.41, 5.74) is 0.0296. The SMILES string of the molecule is O=C(O)c1ccc(N2CCCCC2CO)c([N+](=O)[O-])c1. The molecule has 0 spiro atoms. The number of carbonyl (C=O) groups is 1. The highest BCUT2D eigenvalue weighted by molar-refractivity contribution is 5.89. The minimum absolute atomic E-state index is 0.0716. The number of nitrogens with zero attached hydrogens (tertiary/aromatic N) is 2. The number of anilines is 1. The summed E-state index contributed by atoms with van der Waals surface area (Å²) in [5.74, 6) is -1.20. The smallest absolute Gasteiger partial charge is 0.335 e. The fourth-order valence-corrected chi connectivity index (χ4v) is 2.55. The number of aromatic carboxylic acids is 1. The highest BCUT2D eigenvalue weighted by Crippen LogP contribution is 2.33. The molecule has 108 valence electrons. The van der Waals surface area contributed by atoms with Crippen LogP contribution in [0.15, 0.2) is 18.2 Å². The minimum atomic E-state index is -1.20. The molecule has 1 aliphatic heterocycles. The van der Waals surface area contributed by atoms with Gasteiger partial charge < -0.3 is 15.1 Å². The van der Waals surface area contributed by atoms with Crippen LogP contribution in [-0.2, 0) is 0 Å². The number of nitro groups is 1. The molecule has 0 radical (unpaired) electrons. The van der Waals surface area contributed by atoms with Crippen molar-refractivity contribution >= 4 is 17.3 Å². The van der Waals surface area contributed by atoms with Gasteiger partial charge in [0, 0.05) is 12.6 Å². The van der Waals surface area contributed by atoms with Crippen LogP contribution < -0.4 is 4.90 Å². The molecule has 1 aromatic rings. The molecule has 1 unspecified atom stereocenters. The van der Waals surface area contributed by atoms with Gasteiger partial charge in [-0.25, -0.2) is 4.79 Å². The van der Waals surface area contributed by atoms with E-state index in [-0.39, 0.29) is 23.9 Å². The molecule has 1 saturated heterocycles. The Hall–Kier alpha value is -2.15. The highest BCUT2D eigenvalue weighted by Gasteiger charge is 2.28. The maximum atomic E-state index is 11.2. The lowest BCUT2D eigenvalue weighted by Crippen LogP contribution is -2.42. The van der Waals surface area contributed by atoms with Gasteiger partial charge in [0.2, 0.25) is 0 Å². The number of aliphatic hydroxyl groups is 1. The number of carboxylic acids is 1. The zero-order valence-electron chi connectivity index (χ0n) is 10.9. The monoisotopic (exact) mass is 280 g/mol. The Morgan fingerprint density at radius 1 is 1.45 bits per heavy atom. The summed E-state index contributed by atoms with van der Waals surface area (Å²) < 4.78 is 0. The Morgan fingerprint density at radius 3 is 2.80 bits per heavy atom. The predicted molar refractivity (Wildman–Crippen MR) is 72.1 cm³/mol. The second kappa shape index (κ2) is 5.87. The molecule has 7 nitrogen and oxygen atoms in total. The number of nitro benzene ring substituents is 1. The van der Waals surface area contributed by atoms with Crippen LogP contribution in [0.1, 0.15) is 29.6 Å². The van der Waals surface area contributed by atoms with Gasteiger partial charge in [-0.3, -0.25) is 10.1 Å². The van der Waals surface area contributed by atoms with Crippen molar-refractivity contribution < 1.29 is 19.9 Å². The third kappa shape index (κ3) is 2.72. The number of carboxylic acid groups (broad SMARTS) is 1. The van der Waals surface area contributed by atoms with Crippen molar-refractivity contribution in [2.45, 2.75) is 25.3 Å². The van der Waals surface area contributed by atoms with E-state index in [4.69, 9.17) is 5.11 Å². The molecule has 0 bridgehead atoms. The van der Waals surface area contributed by atoms with Crippen LogP contribution in [0.2, 0.25) is 0 Å². The van der Waals surface area contributed by atoms with Crippen LogP contribution in [-0.4, -0.2) is 40.3 Å². The highest BCUT2D eigenvalue weighted by atomic mass is 16.6. The van der Waals surface area contributed by atoms with E-state index >= 15 is 0 Å². The lowest BCUT2D eigenvalue weighted by Gasteiger charge is -2.36. The van der Waals surface area contributed by atoms with Gasteiger partial charge in [-0.15, -0.1) is 0 Å². The first kappa shape index (κ1) is 14.3. The number of hydrogen-bond acceptors (Lipinski definition) is 5. The van der Waals surface area contributed by atoms with Crippen LogP contribution in [0.5, 0.6) is 0 Å². The van der Waals surface area contributed by atoms with Crippen molar-refractivity contribution in [3.8, 4) is 0 Å². The second-order valence-corrected chi connectivity index (χ2v) is 4.79. The number of rotatable bonds is 4. The minimum Gasteiger partial charge on any atom is -0.478 e. The van der Waals surface area contributed by atoms with E-state index in [1.165, 1.54) is 12.1 Å². The van der Waals surface area contributed by atoms with E-state index in [0.29, 0.717) is 12.2 Å². The molecule has 1 heterocycles. The lowest BCUT2D eigenvalue weighted by atomic mass is 10.0. The Labute approximate surface area is 115 Å². The normalized spacial score (nSPS) is 18.9. The fourth-order valence-electron chi connectivity index (χ4n) is 2.55. The van der Waals surface area contributed by atoms with Crippen molar-refractivity contribution in [3.05, 3.63) is 33.9 Å². The summed E-state index contributed by atoms with van der Waals surface area (Å²) in [6, 6.07) is 3.72. The van der Waals surface area contributed by atoms with Crippen molar-refractivity contribution in [2.24, 2.45) is 0 Å². The molecule has 7 heteroatoms. The van der Waals surface area contributed by atoms with Gasteiger partial charge in [0.25, 0.3) is 5.69 Å². The number of aliphatic hydroxyl groups excluding tert-OH is 1. The summed E-state index contributed by atoms with van der Waals surface area (Å²) in [7, 11) is 0. The standard InChI is InChI=1S/C13H16N2O5/c16-8-10-3-1-2-6-14(10)11-5-4-9(13(17)18)7-12(11)15(19)20/h4-5,7,10,16H,1-3,6,8H2,(H,17,18). The predicted octanol–water partition coefficient (Wildman–Crippen LogP) is 1.64. The Kier molecular flexibility index (Phi) is 4.19. The van der Waals surface area contributed by atoms with Crippen LogP contribution in [0, 0.1) is 10.1 Å². The third-order valence-corrected chi connectivity index (χ3v) is 3.57. The van der Waals surface area contributed by atoms with Crippen molar-refractivity contribution in [1.82, 2.24) is 0 Å². The zero-order valence-corrected chi connectivity index (χ0v) is 10.9. The summed E-state index contributed by atoms with van der Waals surface area (Å²) in [6.45, 7) is 0.552. The van der Waals surface area contributed by atoms with E-state index in [1.807, 2.05) is 0 Å². The van der Waals surface area contributed by atoms with Crippen molar-refractivity contribution in [3.63, 3.8) is 0 Å². The quantitative estimate of drug-likeness (QED) is 0.642. The van der Waals surface area contributed by atoms with E-state index < -0.39 is 10.9 Å². The average molecular weight is 280 g/mol. The second-order valence-electron chi connectivity index (χ2n) is 4.79. The van der Waals surface area contributed by atoms with Crippen LogP contribution in [0.25, 0.3) is 0 Å². The van der Waals surface area contributed by atoms with Gasteiger partial charge >= 0.3 is 5.97 Å². The van der Waals surface area contributed by atoms with Gasteiger partial charge in [-0.1, -0.05) is 0 Å². The first-order valence-electron chi connectivity index (χ1n) is 6.44. The third-order valence-electron chi connectivity index (χ3n) is 3.57. The molecular formula is C13H16N2O5. The Balaban J connectivity index is 2.44. The summed E-state index contributed by atoms with van der Waals surface area (Å²) in [4.78, 5) is 23.3. The summed E-state index contributed by atoms with van der Waals surface area (Å²) >= 11 is 0. The molecule has 0 amide bonds. The zero-order chi connectivity index (χ0) is 14.7. The fraction of sp³-hybridized carbons (Fsp3) is 0.462. The molecule has 2 rings (SSSR count). The van der Waals surface area contributed by atoms with Crippen LogP contribution in [0.3, 0.4) is 0 Å². The lowest BCUT2D eigenvalue weighted by molar-refractivity contribution is -0.384. The van der Waals surface area contributed by atoms with Crippen LogP contribution >= 0.6 is 0 Å². The molecule has 2 N–H and O–H groups in total. The topological polar surface area (TPSA) is 104 Å². The van der Waals surface area contributed by atoms with E-state index in [0.717, 1.165) is 25.3 Å². The van der Waals surface area contributed by atoms with Gasteiger partial charge in [0.15, 0.2) is 0 Å². The van der Waals surface area contributed by atoms with Crippen molar-refractivity contribution in [1.29, 1.82) is 0 Å². The van der Waals surface area contributed by atoms with Crippen molar-refractivity contribution in [2.75, 3.05) is 18.1 Å². The molecule has 1 aromatic carbocycles. The molecule has 1 fully saturated rings. The number of hydrogen-bond donors (Lipinski definition) is 2. The van der Waals surface area contributed by atoms with Gasteiger partial charge in [-0.05, 0) is 31.4 Å². The molecule has 0 aliphatic carbocycles. The van der Waals surface area contributed by atoms with Gasteiger partial charge in [-0.2, -0.15) is 0 Å². The molecule has 1 aliphatic rings. The average Bonchev–Trinajstić information content (AvgIpc) is 2.46. The maximum Gasteiger partial charge on any atom is 0.335 e. The van der Waals surface area contributed by atoms with E-state index in [9.17, 15) is 20.0 Å². The van der Waals surface area contributed by atoms with E-state index in [2.05, 4.69) is 0 Å². The number of benzene rings is 1. The first-order chi connectivity index (χ1) is 9.54. The summed E-state index contributed by atoms with van der Waals surface area (Å²) in [5, 5.41) is 29.5. The largest absolute Gasteiger partial charge is 0.478 e. The van der Waals surface area contributed by atoms with Gasteiger partial charge in [0.05, 0.1) is 23.1 Å². The first-order valence-corrected chi connectivity index (χ1v) is 6.44. The van der Waals surface area contributed by atoms with E-state index in [1.54, 1.807) is 4.90 Å². The molecule has 0 aromatic heterocycles. The molecular weight excluding hydrogens is 264 g/mol. The Bertz CT molecular complexity index is 531. The maximum absolute atomic E-state index is 11.2. The molecule has 0 saturated carbocycles. The van der Waals surface area contributed by atoms with Crippen LogP contribution in [0.4, 0.5) is 11.4 Å². The Morgan fingerprint density at radius 2 is 2.20 bits per heavy atom. The van der Waals surface area contributed by atoms with Gasteiger partial charge in [0.1, 0.15) is 5.69 Å². The summed E-state index contributed by atoms with van der Waals surface area (Å²) in [6.07, 6.45) is 2.64. The molecule has 1 atom stereocenters. The molecule has 20 heavy (non-hydrogen) atoms. The number of piperidine rings is 1.